The topological polar surface area (TPSA) is 317 Å². The summed E-state index contributed by atoms with van der Waals surface area (Å²) in [5, 5.41) is 58.1. The van der Waals surface area contributed by atoms with Crippen LogP contribution in [0.1, 0.15) is 163 Å². The highest BCUT2D eigenvalue weighted by molar-refractivity contribution is 7.99. The number of allylic oxidation sites excluding steroid dienone is 3. The summed E-state index contributed by atoms with van der Waals surface area (Å²) in [5.41, 5.74) is 5.25. The van der Waals surface area contributed by atoms with Gasteiger partial charge in [0.15, 0.2) is 0 Å². The van der Waals surface area contributed by atoms with Crippen molar-refractivity contribution < 1.29 is 77.8 Å². The molecule has 4 aliphatic rings. The standard InChI is InChI=1S/C66H101N7O16S/c1-41-32-42(2)34-56(86-7)62-57(87-8)36-44(4)66(83,89-62)63(80)64(81)73-29-14-13-21-51(73)65(82)88-61(43(3)35-46-24-25-52(74)55(37-46)85-6)45(5)53(75)39-54(76)48(33-41)19-16-30-90-31-26-58(77)67-27-17-28-72-40-50(69-71-72)47-18-15-20-49(38-47)68-59(78)22-11-9-10-12-23-60(79)70-84/h15,18,20,33,35,38,40,42,44-46,48,51-53,55-57,61-62,74-75,83-84H,9-14,16-17,19,21-32,34,36-37,39H2,1-8H3,(H,67,77)(H,68,78)(H,70,79)/b41-33-,43-35+/t42-,44+,45+,46-,48+,51-,52+,53-,55+,56-,57-,61+,62+,66+/m0/s1. The summed E-state index contributed by atoms with van der Waals surface area (Å²) in [6.07, 6.45) is 9.49. The molecule has 0 unspecified atom stereocenters. The van der Waals surface area contributed by atoms with Crippen LogP contribution in [0.3, 0.4) is 0 Å². The number of Topliss-reactive ketones (excluding diaryl/α,β-unsaturated/α-hetero) is 2. The van der Waals surface area contributed by atoms with E-state index in [9.17, 15) is 48.9 Å². The normalized spacial score (nSPS) is 30.1. The fourth-order valence-electron chi connectivity index (χ4n) is 13.0. The second kappa shape index (κ2) is 36.7. The summed E-state index contributed by atoms with van der Waals surface area (Å²) in [4.78, 5) is 96.1. The highest BCUT2D eigenvalue weighted by Crippen LogP contribution is 2.40. The van der Waals surface area contributed by atoms with Gasteiger partial charge in [0.05, 0.1) is 36.7 Å². The van der Waals surface area contributed by atoms with Gasteiger partial charge >= 0.3 is 5.97 Å². The zero-order chi connectivity index (χ0) is 65.5. The molecule has 90 heavy (non-hydrogen) atoms. The number of aliphatic hydroxyl groups excluding tert-OH is 2. The van der Waals surface area contributed by atoms with Gasteiger partial charge in [-0.05, 0) is 139 Å². The maximum Gasteiger partial charge on any atom is 0.329 e. The number of fused-ring (bicyclic) bond motifs is 3. The second-order valence-electron chi connectivity index (χ2n) is 25.4. The van der Waals surface area contributed by atoms with Crippen molar-refractivity contribution in [2.45, 2.75) is 224 Å². The molecule has 23 nitrogen and oxygen atoms in total. The number of amides is 4. The summed E-state index contributed by atoms with van der Waals surface area (Å²) in [6, 6.07) is 6.18. The Morgan fingerprint density at radius 1 is 0.833 bits per heavy atom. The van der Waals surface area contributed by atoms with Crippen molar-refractivity contribution in [3.05, 3.63) is 53.8 Å². The van der Waals surface area contributed by atoms with Crippen LogP contribution in [0.4, 0.5) is 5.69 Å². The Kier molecular flexibility index (Phi) is 30.0. The number of aromatic nitrogens is 3. The first-order valence-electron chi connectivity index (χ1n) is 32.5. The van der Waals surface area contributed by atoms with E-state index in [1.807, 2.05) is 63.4 Å². The van der Waals surface area contributed by atoms with Crippen molar-refractivity contribution in [2.24, 2.45) is 29.6 Å². The molecule has 4 amide bonds. The molecule has 24 heteroatoms. The van der Waals surface area contributed by atoms with Crippen LogP contribution >= 0.6 is 11.8 Å². The number of benzene rings is 1. The third-order valence-electron chi connectivity index (χ3n) is 18.3. The van der Waals surface area contributed by atoms with Crippen LogP contribution in [0.15, 0.2) is 53.8 Å². The lowest BCUT2D eigenvalue weighted by atomic mass is 9.81. The van der Waals surface area contributed by atoms with E-state index in [4.69, 9.17) is 28.9 Å². The number of hydroxylamine groups is 1. The number of aliphatic hydroxyl groups is 3. The third-order valence-corrected chi connectivity index (χ3v) is 19.3. The van der Waals surface area contributed by atoms with E-state index < -0.39 is 95.9 Å². The first-order valence-corrected chi connectivity index (χ1v) is 33.6. The molecule has 1 aromatic carbocycles. The van der Waals surface area contributed by atoms with E-state index in [1.165, 1.54) is 19.1 Å². The van der Waals surface area contributed by atoms with Gasteiger partial charge in [-0.3, -0.25) is 38.7 Å². The number of anilines is 1. The van der Waals surface area contributed by atoms with Gasteiger partial charge in [0.25, 0.3) is 11.7 Å². The minimum absolute atomic E-state index is 0.0522. The summed E-state index contributed by atoms with van der Waals surface area (Å²) in [7, 11) is 4.59. The molecule has 502 valence electrons. The molecule has 1 saturated carbocycles. The maximum absolute atomic E-state index is 14.7. The average Bonchev–Trinajstić information content (AvgIpc) is 1.05. The highest BCUT2D eigenvalue weighted by Gasteiger charge is 2.57. The van der Waals surface area contributed by atoms with Gasteiger partial charge in [-0.2, -0.15) is 11.8 Å². The number of ether oxygens (including phenoxy) is 5. The first-order chi connectivity index (χ1) is 43.1. The summed E-state index contributed by atoms with van der Waals surface area (Å²) >= 11 is 1.62. The van der Waals surface area contributed by atoms with Gasteiger partial charge in [0, 0.05) is 101 Å². The Morgan fingerprint density at radius 2 is 1.56 bits per heavy atom. The average molecular weight is 1280 g/mol. The minimum Gasteiger partial charge on any atom is -0.456 e. The quantitative estimate of drug-likeness (QED) is 0.0129. The number of ketones is 2. The number of unbranched alkanes of at least 4 members (excludes halogenated alkanes) is 3. The molecule has 1 aromatic heterocycles. The Balaban J connectivity index is 1.08. The SMILES string of the molecule is CO[C@H]1C[C@@H](C)C/C(C)=C\[C@@H](CCCSCCC(=O)NCCCn2cc(-c3cccc(NC(=O)CCCCCCC(=O)NO)c3)nn2)C(=O)C[C@H](O)[C@@H](C)[C@@H](/C(C)=C/[C@@H]2CC[C@@H](O)[C@H](OC)C2)OC(=O)[C@@H]2CCCCN2C(=O)C(=O)[C@]2(O)O[C@H]1[C@@H](OC)C[C@H]2C. The van der Waals surface area contributed by atoms with Gasteiger partial charge in [0.2, 0.25) is 23.5 Å². The van der Waals surface area contributed by atoms with E-state index in [1.54, 1.807) is 42.9 Å². The van der Waals surface area contributed by atoms with Crippen LogP contribution in [0.25, 0.3) is 11.3 Å². The molecule has 7 N–H and O–H groups in total. The van der Waals surface area contributed by atoms with Crippen molar-refractivity contribution in [3.63, 3.8) is 0 Å². The Bertz CT molecular complexity index is 2740. The lowest BCUT2D eigenvalue weighted by Gasteiger charge is -2.47. The van der Waals surface area contributed by atoms with E-state index in [0.29, 0.717) is 131 Å². The van der Waals surface area contributed by atoms with E-state index >= 15 is 0 Å². The third kappa shape index (κ3) is 21.6. The molecule has 6 rings (SSSR count). The number of aryl methyl sites for hydroxylation is 1. The summed E-state index contributed by atoms with van der Waals surface area (Å²) in [6.45, 7) is 10.2. The fraction of sp³-hybridized carbons (Fsp3) is 0.712. The molecule has 2 bridgehead atoms. The Hall–Kier alpha value is -5.44. The Morgan fingerprint density at radius 3 is 2.28 bits per heavy atom. The summed E-state index contributed by atoms with van der Waals surface area (Å²) < 4.78 is 31.9. The van der Waals surface area contributed by atoms with Crippen LogP contribution in [0, 0.1) is 29.6 Å². The van der Waals surface area contributed by atoms with Gasteiger partial charge < -0.3 is 54.5 Å². The zero-order valence-electron chi connectivity index (χ0n) is 54.1. The van der Waals surface area contributed by atoms with Crippen LogP contribution in [0.2, 0.25) is 0 Å². The maximum atomic E-state index is 14.7. The highest BCUT2D eigenvalue weighted by atomic mass is 32.2. The predicted octanol–water partition coefficient (Wildman–Crippen LogP) is 7.22. The number of carbonyl (C=O) groups is 7. The first kappa shape index (κ1) is 73.6. The molecular formula is C66H101N7O16S. The smallest absolute Gasteiger partial charge is 0.329 e. The Labute approximate surface area is 534 Å². The number of thioether (sulfide) groups is 1. The number of rotatable bonds is 25. The molecule has 1 aliphatic carbocycles. The van der Waals surface area contributed by atoms with Crippen LogP contribution in [-0.2, 0) is 63.8 Å². The number of hydrogen-bond donors (Lipinski definition) is 7. The number of nitrogens with zero attached hydrogens (tertiary/aromatic N) is 4. The van der Waals surface area contributed by atoms with E-state index in [2.05, 4.69) is 20.9 Å². The number of hydrogen-bond acceptors (Lipinski definition) is 19. The van der Waals surface area contributed by atoms with Crippen LogP contribution in [0.5, 0.6) is 0 Å². The largest absolute Gasteiger partial charge is 0.456 e. The number of piperidine rings is 1. The lowest BCUT2D eigenvalue weighted by Crippen LogP contribution is -2.64. The van der Waals surface area contributed by atoms with Crippen molar-refractivity contribution in [3.8, 4) is 11.3 Å². The van der Waals surface area contributed by atoms with Gasteiger partial charge in [-0.25, -0.2) is 10.3 Å². The number of carbonyl (C=O) groups excluding carboxylic acids is 7. The van der Waals surface area contributed by atoms with Crippen molar-refractivity contribution in [2.75, 3.05) is 51.2 Å². The minimum atomic E-state index is -2.56. The molecule has 0 radical (unpaired) electrons. The molecule has 3 aliphatic heterocycles. The zero-order valence-corrected chi connectivity index (χ0v) is 54.9. The van der Waals surface area contributed by atoms with Crippen LogP contribution < -0.4 is 16.1 Å². The second-order valence-corrected chi connectivity index (χ2v) is 26.6. The molecule has 2 aromatic rings. The van der Waals surface area contributed by atoms with Crippen LogP contribution in [-0.4, -0.2) is 182 Å². The summed E-state index contributed by atoms with van der Waals surface area (Å²) in [5.74, 6) is -7.53. The molecule has 4 heterocycles. The van der Waals surface area contributed by atoms with Crippen molar-refractivity contribution >= 4 is 58.6 Å². The fourth-order valence-corrected chi connectivity index (χ4v) is 13.9. The van der Waals surface area contributed by atoms with Gasteiger partial charge in [-0.1, -0.05) is 68.7 Å². The van der Waals surface area contributed by atoms with E-state index in [0.717, 1.165) is 24.0 Å². The number of esters is 1. The van der Waals surface area contributed by atoms with Gasteiger partial charge in [0.1, 0.15) is 29.7 Å². The molecule has 3 fully saturated rings. The molecule has 0 spiro atoms. The van der Waals surface area contributed by atoms with Gasteiger partial charge in [-0.15, -0.1) is 5.10 Å². The van der Waals surface area contributed by atoms with E-state index in [-0.39, 0.29) is 61.7 Å². The lowest BCUT2D eigenvalue weighted by molar-refractivity contribution is -0.302. The predicted molar refractivity (Wildman–Crippen MR) is 338 cm³/mol. The molecule has 2 saturated heterocycles. The molecular weight excluding hydrogens is 1180 g/mol. The molecule has 14 atom stereocenters. The number of cyclic esters (lactones) is 1. The number of nitrogens with one attached hydrogen (secondary N) is 3. The number of methoxy groups -OCH3 is 3. The van der Waals surface area contributed by atoms with Crippen molar-refractivity contribution in [1.82, 2.24) is 30.7 Å². The van der Waals surface area contributed by atoms with Crippen molar-refractivity contribution in [1.29, 1.82) is 0 Å². The monoisotopic (exact) mass is 1280 g/mol.